The van der Waals surface area contributed by atoms with Crippen LogP contribution >= 0.6 is 0 Å². The molecule has 2 aromatic heterocycles. The zero-order valence-electron chi connectivity index (χ0n) is 17.4. The molecule has 1 unspecified atom stereocenters. The van der Waals surface area contributed by atoms with Gasteiger partial charge < -0.3 is 24.8 Å². The van der Waals surface area contributed by atoms with Crippen LogP contribution < -0.4 is 10.2 Å². The topological polar surface area (TPSA) is 103 Å². The van der Waals surface area contributed by atoms with Gasteiger partial charge in [0.15, 0.2) is 5.65 Å². The van der Waals surface area contributed by atoms with E-state index >= 15 is 0 Å². The van der Waals surface area contributed by atoms with E-state index in [1.54, 1.807) is 19.5 Å². The third kappa shape index (κ3) is 4.24. The number of H-pyrrole nitrogens is 1. The normalized spacial score (nSPS) is 17.2. The van der Waals surface area contributed by atoms with Crippen molar-refractivity contribution < 1.29 is 14.3 Å². The summed E-state index contributed by atoms with van der Waals surface area (Å²) in [5.41, 5.74) is 1.13. The fourth-order valence-corrected chi connectivity index (χ4v) is 3.67. The zero-order valence-corrected chi connectivity index (χ0v) is 17.4. The maximum absolute atomic E-state index is 12.6. The third-order valence-corrected chi connectivity index (χ3v) is 5.07. The van der Waals surface area contributed by atoms with Crippen molar-refractivity contribution in [2.24, 2.45) is 0 Å². The molecule has 0 aromatic carbocycles. The van der Waals surface area contributed by atoms with Crippen molar-refractivity contribution in [2.75, 3.05) is 38.3 Å². The van der Waals surface area contributed by atoms with E-state index in [1.165, 1.54) is 6.08 Å². The van der Waals surface area contributed by atoms with E-state index in [2.05, 4.69) is 26.8 Å². The van der Waals surface area contributed by atoms with E-state index < -0.39 is 0 Å². The molecule has 2 aromatic rings. The number of hydrogen-bond donors (Lipinski definition) is 2. The highest BCUT2D eigenvalue weighted by Crippen LogP contribution is 2.26. The number of methoxy groups -OCH3 is 1. The molecule has 1 aliphatic heterocycles. The number of carbonyl (C=O) groups is 2. The lowest BCUT2D eigenvalue weighted by Crippen LogP contribution is -2.61. The van der Waals surface area contributed by atoms with Crippen LogP contribution in [-0.4, -0.2) is 76.6 Å². The molecule has 9 heteroatoms. The Hall–Kier alpha value is -2.94. The molecule has 29 heavy (non-hydrogen) atoms. The molecule has 0 saturated carbocycles. The fourth-order valence-electron chi connectivity index (χ4n) is 3.67. The van der Waals surface area contributed by atoms with Gasteiger partial charge in [-0.2, -0.15) is 0 Å². The third-order valence-electron chi connectivity index (χ3n) is 5.07. The Morgan fingerprint density at radius 1 is 1.45 bits per heavy atom. The molecule has 0 aliphatic carbocycles. The first-order valence-corrected chi connectivity index (χ1v) is 9.59. The molecule has 0 spiro atoms. The molecule has 2 N–H and O–H groups in total. The number of rotatable bonds is 6. The maximum Gasteiger partial charge on any atom is 0.255 e. The van der Waals surface area contributed by atoms with Crippen LogP contribution in [0.15, 0.2) is 25.0 Å². The summed E-state index contributed by atoms with van der Waals surface area (Å²) in [6.45, 7) is 11.7. The Kier molecular flexibility index (Phi) is 5.88. The molecule has 3 rings (SSSR count). The minimum Gasteiger partial charge on any atom is -0.383 e. The number of ether oxygens (including phenoxy) is 1. The molecule has 9 nitrogen and oxygen atoms in total. The van der Waals surface area contributed by atoms with Crippen LogP contribution in [-0.2, 0) is 9.53 Å². The smallest absolute Gasteiger partial charge is 0.255 e. The summed E-state index contributed by atoms with van der Waals surface area (Å²) in [6.07, 6.45) is 4.65. The molecule has 1 saturated heterocycles. The number of nitrogens with zero attached hydrogens (tertiary/aromatic N) is 4. The standard InChI is InChI=1S/C20H28N6O3/c1-6-16(27)26-8-7-25(12-20(26,3)4)15-10-22-18-17(24-15)14(9-21-18)19(28)23-13(2)11-29-5/h6,9-10,13H,1,7-8,11-12H2,2-5H3,(H,21,22)(H,23,28). The highest BCUT2D eigenvalue weighted by atomic mass is 16.5. The van der Waals surface area contributed by atoms with Crippen LogP contribution in [0.4, 0.5) is 5.82 Å². The highest BCUT2D eigenvalue weighted by Gasteiger charge is 2.36. The Morgan fingerprint density at radius 3 is 2.86 bits per heavy atom. The average molecular weight is 400 g/mol. The molecule has 1 fully saturated rings. The van der Waals surface area contributed by atoms with Crippen molar-refractivity contribution in [1.82, 2.24) is 25.2 Å². The van der Waals surface area contributed by atoms with Crippen LogP contribution in [0.25, 0.3) is 11.2 Å². The molecular weight excluding hydrogens is 372 g/mol. The Bertz CT molecular complexity index is 922. The summed E-state index contributed by atoms with van der Waals surface area (Å²) in [4.78, 5) is 40.8. The number of hydrogen-bond acceptors (Lipinski definition) is 6. The summed E-state index contributed by atoms with van der Waals surface area (Å²) >= 11 is 0. The van der Waals surface area contributed by atoms with Crippen LogP contribution in [0.3, 0.4) is 0 Å². The zero-order chi connectivity index (χ0) is 21.2. The van der Waals surface area contributed by atoms with Gasteiger partial charge in [0.2, 0.25) is 5.91 Å². The Morgan fingerprint density at radius 2 is 2.21 bits per heavy atom. The first kappa shape index (κ1) is 20.8. The predicted octanol–water partition coefficient (Wildman–Crippen LogP) is 1.34. The van der Waals surface area contributed by atoms with E-state index in [0.29, 0.717) is 48.8 Å². The van der Waals surface area contributed by atoms with E-state index in [4.69, 9.17) is 9.72 Å². The summed E-state index contributed by atoms with van der Waals surface area (Å²) in [6, 6.07) is -0.120. The van der Waals surface area contributed by atoms with Crippen molar-refractivity contribution in [2.45, 2.75) is 32.4 Å². The average Bonchev–Trinajstić information content (AvgIpc) is 3.10. The van der Waals surface area contributed by atoms with Gasteiger partial charge >= 0.3 is 0 Å². The lowest BCUT2D eigenvalue weighted by atomic mass is 9.98. The molecule has 0 radical (unpaired) electrons. The minimum atomic E-state index is -0.381. The number of anilines is 1. The van der Waals surface area contributed by atoms with Crippen molar-refractivity contribution in [1.29, 1.82) is 0 Å². The van der Waals surface area contributed by atoms with Crippen molar-refractivity contribution in [3.63, 3.8) is 0 Å². The lowest BCUT2D eigenvalue weighted by Gasteiger charge is -2.47. The number of carbonyl (C=O) groups excluding carboxylic acids is 2. The quantitative estimate of drug-likeness (QED) is 0.709. The van der Waals surface area contributed by atoms with E-state index in [-0.39, 0.29) is 23.4 Å². The summed E-state index contributed by atoms with van der Waals surface area (Å²) in [5, 5.41) is 2.89. The highest BCUT2D eigenvalue weighted by molar-refractivity contribution is 6.04. The monoisotopic (exact) mass is 400 g/mol. The largest absolute Gasteiger partial charge is 0.383 e. The summed E-state index contributed by atoms with van der Waals surface area (Å²) in [5.74, 6) is 0.370. The first-order valence-electron chi connectivity index (χ1n) is 9.59. The second-order valence-corrected chi connectivity index (χ2v) is 7.89. The van der Waals surface area contributed by atoms with Gasteiger partial charge in [-0.3, -0.25) is 9.59 Å². The first-order chi connectivity index (χ1) is 13.8. The number of amides is 2. The van der Waals surface area contributed by atoms with Gasteiger partial charge in [0.1, 0.15) is 11.3 Å². The Balaban J connectivity index is 1.84. The fraction of sp³-hybridized carbons (Fsp3) is 0.500. The van der Waals surface area contributed by atoms with Gasteiger partial charge in [0, 0.05) is 39.0 Å². The van der Waals surface area contributed by atoms with Gasteiger partial charge in [-0.15, -0.1) is 0 Å². The van der Waals surface area contributed by atoms with E-state index in [9.17, 15) is 9.59 Å². The minimum absolute atomic E-state index is 0.0778. The predicted molar refractivity (Wildman–Crippen MR) is 111 cm³/mol. The SMILES string of the molecule is C=CC(=O)N1CCN(c2cnc3[nH]cc(C(=O)NC(C)COC)c3n2)CC1(C)C. The lowest BCUT2D eigenvalue weighted by molar-refractivity contribution is -0.131. The Labute approximate surface area is 170 Å². The van der Waals surface area contributed by atoms with Crippen molar-refractivity contribution in [3.05, 3.63) is 30.6 Å². The molecule has 2 amide bonds. The molecule has 1 aliphatic rings. The van der Waals surface area contributed by atoms with Gasteiger partial charge in [0.25, 0.3) is 5.91 Å². The molecular formula is C20H28N6O3. The van der Waals surface area contributed by atoms with Crippen LogP contribution in [0.1, 0.15) is 31.1 Å². The summed E-state index contributed by atoms with van der Waals surface area (Å²) in [7, 11) is 1.59. The number of fused-ring (bicyclic) bond motifs is 1. The molecule has 0 bridgehead atoms. The molecule has 1 atom stereocenters. The number of aromatic nitrogens is 3. The van der Waals surface area contributed by atoms with E-state index in [0.717, 1.165) is 0 Å². The molecule has 3 heterocycles. The second kappa shape index (κ2) is 8.20. The number of nitrogens with one attached hydrogen (secondary N) is 2. The van der Waals surface area contributed by atoms with Crippen molar-refractivity contribution >= 4 is 28.8 Å². The number of aromatic amines is 1. The van der Waals surface area contributed by atoms with Gasteiger partial charge in [-0.25, -0.2) is 9.97 Å². The summed E-state index contributed by atoms with van der Waals surface area (Å²) < 4.78 is 5.07. The van der Waals surface area contributed by atoms with Crippen LogP contribution in [0, 0.1) is 0 Å². The van der Waals surface area contributed by atoms with Crippen LogP contribution in [0.2, 0.25) is 0 Å². The van der Waals surface area contributed by atoms with E-state index in [1.807, 2.05) is 25.7 Å². The number of piperazine rings is 1. The van der Waals surface area contributed by atoms with Gasteiger partial charge in [-0.1, -0.05) is 6.58 Å². The molecule has 156 valence electrons. The van der Waals surface area contributed by atoms with Crippen LogP contribution in [0.5, 0.6) is 0 Å². The maximum atomic E-state index is 12.6. The van der Waals surface area contributed by atoms with Gasteiger partial charge in [0.05, 0.1) is 23.9 Å². The van der Waals surface area contributed by atoms with Crippen molar-refractivity contribution in [3.8, 4) is 0 Å². The van der Waals surface area contributed by atoms with Gasteiger partial charge in [-0.05, 0) is 26.8 Å². The second-order valence-electron chi connectivity index (χ2n) is 7.89.